The van der Waals surface area contributed by atoms with Gasteiger partial charge in [0.15, 0.2) is 0 Å². The van der Waals surface area contributed by atoms with Gasteiger partial charge in [-0.15, -0.1) is 0 Å². The number of carbonyl (C=O) groups is 1. The summed E-state index contributed by atoms with van der Waals surface area (Å²) in [5.41, 5.74) is 2.76. The average Bonchev–Trinajstić information content (AvgIpc) is 3.28. The summed E-state index contributed by atoms with van der Waals surface area (Å²) in [6.45, 7) is 1.74. The van der Waals surface area contributed by atoms with Crippen molar-refractivity contribution in [2.45, 2.75) is 37.5 Å². The van der Waals surface area contributed by atoms with E-state index in [1.165, 1.54) is 18.7 Å². The highest BCUT2D eigenvalue weighted by Gasteiger charge is 2.49. The third-order valence-corrected chi connectivity index (χ3v) is 6.12. The number of carbonyl (C=O) groups excluding carboxylic acids is 1. The Hall–Kier alpha value is -2.69. The molecular formula is C22H23FN2O2. The zero-order chi connectivity index (χ0) is 19.2. The zero-order valence-corrected chi connectivity index (χ0v) is 15.8. The lowest BCUT2D eigenvalue weighted by Crippen LogP contribution is -2.35. The lowest BCUT2D eigenvalue weighted by Gasteiger charge is -2.29. The lowest BCUT2D eigenvalue weighted by molar-refractivity contribution is -0.147. The second-order valence-electron chi connectivity index (χ2n) is 7.51. The number of rotatable bonds is 3. The van der Waals surface area contributed by atoms with Crippen molar-refractivity contribution in [2.24, 2.45) is 7.05 Å². The van der Waals surface area contributed by atoms with Gasteiger partial charge in [-0.3, -0.25) is 9.48 Å². The molecule has 0 saturated heterocycles. The number of aromatic nitrogens is 2. The van der Waals surface area contributed by atoms with Crippen molar-refractivity contribution >= 4 is 16.9 Å². The maximum atomic E-state index is 14.2. The molecule has 1 aromatic heterocycles. The van der Waals surface area contributed by atoms with Crippen LogP contribution in [-0.2, 0) is 22.0 Å². The molecule has 2 atom stereocenters. The molecule has 3 aromatic rings. The fourth-order valence-corrected chi connectivity index (χ4v) is 4.63. The van der Waals surface area contributed by atoms with Crippen molar-refractivity contribution < 1.29 is 13.9 Å². The summed E-state index contributed by atoms with van der Waals surface area (Å²) >= 11 is 0. The molecule has 2 aromatic carbocycles. The SMILES string of the molecule is COC(=O)C1(c2cccc(F)c2C)CCC(c2ccc3c(cnn3C)c2)C1. The van der Waals surface area contributed by atoms with Crippen molar-refractivity contribution in [3.63, 3.8) is 0 Å². The number of fused-ring (bicyclic) bond motifs is 1. The predicted octanol–water partition coefficient (Wildman–Crippen LogP) is 4.40. The minimum atomic E-state index is -0.796. The van der Waals surface area contributed by atoms with Crippen LogP contribution < -0.4 is 0 Å². The first-order chi connectivity index (χ1) is 13.0. The summed E-state index contributed by atoms with van der Waals surface area (Å²) in [5, 5.41) is 5.39. The number of nitrogens with zero attached hydrogens (tertiary/aromatic N) is 2. The topological polar surface area (TPSA) is 44.1 Å². The third-order valence-electron chi connectivity index (χ3n) is 6.12. The number of hydrogen-bond acceptors (Lipinski definition) is 3. The number of aryl methyl sites for hydroxylation is 1. The van der Waals surface area contributed by atoms with E-state index in [0.717, 1.165) is 22.9 Å². The maximum absolute atomic E-state index is 14.2. The van der Waals surface area contributed by atoms with E-state index in [1.54, 1.807) is 13.0 Å². The minimum absolute atomic E-state index is 0.219. The van der Waals surface area contributed by atoms with Crippen molar-refractivity contribution in [2.75, 3.05) is 7.11 Å². The van der Waals surface area contributed by atoms with Gasteiger partial charge in [-0.05, 0) is 67.0 Å². The van der Waals surface area contributed by atoms with E-state index in [4.69, 9.17) is 4.74 Å². The Labute approximate surface area is 157 Å². The fourth-order valence-electron chi connectivity index (χ4n) is 4.63. The molecule has 4 nitrogen and oxygen atoms in total. The Kier molecular flexibility index (Phi) is 4.25. The Balaban J connectivity index is 1.75. The van der Waals surface area contributed by atoms with Gasteiger partial charge in [-0.25, -0.2) is 4.39 Å². The molecule has 1 fully saturated rings. The van der Waals surface area contributed by atoms with Gasteiger partial charge in [0.1, 0.15) is 5.82 Å². The summed E-state index contributed by atoms with van der Waals surface area (Å²) in [4.78, 5) is 12.8. The number of methoxy groups -OCH3 is 1. The molecule has 1 heterocycles. The second-order valence-corrected chi connectivity index (χ2v) is 7.51. The molecule has 140 valence electrons. The van der Waals surface area contributed by atoms with Crippen LogP contribution >= 0.6 is 0 Å². The first kappa shape index (κ1) is 17.7. The van der Waals surface area contributed by atoms with Gasteiger partial charge in [0.2, 0.25) is 0 Å². The molecule has 0 aliphatic heterocycles. The van der Waals surface area contributed by atoms with E-state index in [0.29, 0.717) is 18.4 Å². The molecule has 0 amide bonds. The normalized spacial score (nSPS) is 22.3. The molecule has 2 unspecified atom stereocenters. The zero-order valence-electron chi connectivity index (χ0n) is 15.8. The molecule has 0 N–H and O–H groups in total. The molecule has 0 bridgehead atoms. The summed E-state index contributed by atoms with van der Waals surface area (Å²) in [5.74, 6) is -0.339. The number of hydrogen-bond donors (Lipinski definition) is 0. The van der Waals surface area contributed by atoms with Gasteiger partial charge in [-0.1, -0.05) is 18.2 Å². The Morgan fingerprint density at radius 2 is 2.15 bits per heavy atom. The number of ether oxygens (including phenoxy) is 1. The summed E-state index contributed by atoms with van der Waals surface area (Å²) in [7, 11) is 3.33. The summed E-state index contributed by atoms with van der Waals surface area (Å²) in [6.07, 6.45) is 3.99. The smallest absolute Gasteiger partial charge is 0.316 e. The highest BCUT2D eigenvalue weighted by atomic mass is 19.1. The third kappa shape index (κ3) is 2.73. The maximum Gasteiger partial charge on any atom is 0.316 e. The Morgan fingerprint density at radius 1 is 1.33 bits per heavy atom. The molecule has 4 rings (SSSR count). The van der Waals surface area contributed by atoms with Crippen molar-refractivity contribution in [1.82, 2.24) is 9.78 Å². The first-order valence-electron chi connectivity index (χ1n) is 9.22. The summed E-state index contributed by atoms with van der Waals surface area (Å²) < 4.78 is 21.2. The lowest BCUT2D eigenvalue weighted by atomic mass is 9.75. The Bertz CT molecular complexity index is 1030. The summed E-state index contributed by atoms with van der Waals surface area (Å²) in [6, 6.07) is 11.3. The van der Waals surface area contributed by atoms with Crippen LogP contribution in [0.2, 0.25) is 0 Å². The largest absolute Gasteiger partial charge is 0.468 e. The van der Waals surface area contributed by atoms with Crippen LogP contribution in [0.25, 0.3) is 10.9 Å². The first-order valence-corrected chi connectivity index (χ1v) is 9.22. The van der Waals surface area contributed by atoms with Crippen LogP contribution in [0.15, 0.2) is 42.6 Å². The average molecular weight is 366 g/mol. The van der Waals surface area contributed by atoms with Crippen LogP contribution in [0.4, 0.5) is 4.39 Å². The van der Waals surface area contributed by atoms with Crippen molar-refractivity contribution in [1.29, 1.82) is 0 Å². The van der Waals surface area contributed by atoms with Crippen molar-refractivity contribution in [3.05, 3.63) is 65.1 Å². The molecular weight excluding hydrogens is 343 g/mol. The van der Waals surface area contributed by atoms with E-state index in [1.807, 2.05) is 24.0 Å². The molecule has 1 aliphatic rings. The molecule has 5 heteroatoms. The van der Waals surface area contributed by atoms with Gasteiger partial charge in [-0.2, -0.15) is 5.10 Å². The molecule has 0 spiro atoms. The minimum Gasteiger partial charge on any atom is -0.468 e. The highest BCUT2D eigenvalue weighted by molar-refractivity contribution is 5.85. The van der Waals surface area contributed by atoms with Gasteiger partial charge < -0.3 is 4.74 Å². The number of esters is 1. The van der Waals surface area contributed by atoms with Gasteiger partial charge in [0.25, 0.3) is 0 Å². The highest BCUT2D eigenvalue weighted by Crippen LogP contribution is 2.50. The quantitative estimate of drug-likeness (QED) is 0.646. The standard InChI is InChI=1S/C22H23FN2O2/c1-14-18(5-4-6-19(14)23)22(21(26)27-3)10-9-16(12-22)15-7-8-20-17(11-15)13-24-25(20)2/h4-8,11,13,16H,9-10,12H2,1-3H3. The van der Waals surface area contributed by atoms with E-state index in [-0.39, 0.29) is 17.7 Å². The van der Waals surface area contributed by atoms with Crippen LogP contribution in [0.1, 0.15) is 41.9 Å². The molecule has 1 saturated carbocycles. The Morgan fingerprint density at radius 3 is 2.93 bits per heavy atom. The van der Waals surface area contributed by atoms with Crippen molar-refractivity contribution in [3.8, 4) is 0 Å². The fraction of sp³-hybridized carbons (Fsp3) is 0.364. The number of halogens is 1. The second kappa shape index (κ2) is 6.48. The van der Waals surface area contributed by atoms with Gasteiger partial charge >= 0.3 is 5.97 Å². The number of benzene rings is 2. The van der Waals surface area contributed by atoms with E-state index < -0.39 is 5.41 Å². The van der Waals surface area contributed by atoms with Crippen LogP contribution in [-0.4, -0.2) is 22.9 Å². The van der Waals surface area contributed by atoms with E-state index in [9.17, 15) is 9.18 Å². The molecule has 0 radical (unpaired) electrons. The van der Waals surface area contributed by atoms with Gasteiger partial charge in [0, 0.05) is 12.4 Å². The molecule has 1 aliphatic carbocycles. The molecule has 27 heavy (non-hydrogen) atoms. The van der Waals surface area contributed by atoms with E-state index in [2.05, 4.69) is 23.3 Å². The predicted molar refractivity (Wildman–Crippen MR) is 102 cm³/mol. The van der Waals surface area contributed by atoms with Crippen LogP contribution in [0, 0.1) is 12.7 Å². The van der Waals surface area contributed by atoms with Crippen LogP contribution in [0.5, 0.6) is 0 Å². The monoisotopic (exact) mass is 366 g/mol. The van der Waals surface area contributed by atoms with Crippen LogP contribution in [0.3, 0.4) is 0 Å². The van der Waals surface area contributed by atoms with Gasteiger partial charge in [0.05, 0.1) is 24.2 Å². The van der Waals surface area contributed by atoms with E-state index >= 15 is 0 Å².